The van der Waals surface area contributed by atoms with E-state index in [1.807, 2.05) is 0 Å². The largest absolute Gasteiger partial charge is 0.464 e. The fourth-order valence-electron chi connectivity index (χ4n) is 1.77. The van der Waals surface area contributed by atoms with Crippen LogP contribution >= 0.6 is 50.5 Å². The summed E-state index contributed by atoms with van der Waals surface area (Å²) in [5.74, 6) is 0. The minimum absolute atomic E-state index is 0.105. The van der Waals surface area contributed by atoms with E-state index in [0.717, 1.165) is 11.0 Å². The summed E-state index contributed by atoms with van der Waals surface area (Å²) in [6, 6.07) is 6.94. The first-order chi connectivity index (χ1) is 11.8. The van der Waals surface area contributed by atoms with E-state index in [2.05, 4.69) is 43.7 Å². The van der Waals surface area contributed by atoms with Gasteiger partial charge in [0.2, 0.25) is 0 Å². The van der Waals surface area contributed by atoms with Crippen LogP contribution in [-0.2, 0) is 4.57 Å². The third-order valence-electron chi connectivity index (χ3n) is 2.72. The van der Waals surface area contributed by atoms with Crippen molar-refractivity contribution in [3.63, 3.8) is 0 Å². The molecule has 11 heteroatoms. The number of aromatic amines is 1. The van der Waals surface area contributed by atoms with Crippen LogP contribution in [0.5, 0.6) is 0 Å². The summed E-state index contributed by atoms with van der Waals surface area (Å²) in [7, 11) is 0. The summed E-state index contributed by atoms with van der Waals surface area (Å²) in [6.07, 6.45) is 6.28. The normalized spacial score (nSPS) is 10.7. The molecule has 0 aromatic carbocycles. The number of furan rings is 2. The third-order valence-corrected chi connectivity index (χ3v) is 3.02. The molecule has 0 atom stereocenters. The van der Waals surface area contributed by atoms with Crippen LogP contribution in [0, 0.1) is 0 Å². The van der Waals surface area contributed by atoms with Crippen LogP contribution in [0.3, 0.4) is 0 Å². The number of nitrogens with zero attached hydrogens (tertiary/aromatic N) is 1. The Bertz CT molecular complexity index is 1060. The first-order valence-corrected chi connectivity index (χ1v) is 11.3. The zero-order valence-corrected chi connectivity index (χ0v) is 16.1. The Morgan fingerprint density at radius 1 is 0.960 bits per heavy atom. The number of pyridine rings is 2. The topological polar surface area (TPSA) is 89.1 Å². The van der Waals surface area contributed by atoms with Gasteiger partial charge in [-0.1, -0.05) is 11.6 Å². The number of nitrogens with one attached hydrogen (secondary N) is 1. The summed E-state index contributed by atoms with van der Waals surface area (Å²) >= 11 is 19.6. The van der Waals surface area contributed by atoms with E-state index in [9.17, 15) is 9.36 Å². The molecule has 0 amide bonds. The van der Waals surface area contributed by atoms with Gasteiger partial charge in [-0.05, 0) is 58.0 Å². The molecule has 0 unspecified atom stereocenters. The second kappa shape index (κ2) is 8.79. The van der Waals surface area contributed by atoms with E-state index in [-0.39, 0.29) is 5.56 Å². The summed E-state index contributed by atoms with van der Waals surface area (Å²) < 4.78 is 19.6. The molecule has 25 heavy (non-hydrogen) atoms. The second-order valence-electron chi connectivity index (χ2n) is 4.34. The highest BCUT2D eigenvalue weighted by molar-refractivity contribution is 8.24. The van der Waals surface area contributed by atoms with E-state index in [1.54, 1.807) is 42.9 Å². The van der Waals surface area contributed by atoms with Crippen molar-refractivity contribution in [1.29, 1.82) is 0 Å². The average molecular weight is 442 g/mol. The lowest BCUT2D eigenvalue weighted by atomic mass is 10.3. The van der Waals surface area contributed by atoms with E-state index in [1.165, 1.54) is 6.26 Å². The Morgan fingerprint density at radius 3 is 2.08 bits per heavy atom. The molecule has 0 saturated heterocycles. The van der Waals surface area contributed by atoms with Crippen LogP contribution < -0.4 is 5.56 Å². The molecule has 0 radical (unpaired) electrons. The predicted octanol–water partition coefficient (Wildman–Crippen LogP) is 6.41. The third kappa shape index (κ3) is 6.42. The zero-order chi connectivity index (χ0) is 18.4. The molecule has 4 heterocycles. The van der Waals surface area contributed by atoms with Gasteiger partial charge in [0.05, 0.1) is 23.3 Å². The molecule has 4 aromatic rings. The highest BCUT2D eigenvalue weighted by atomic mass is 36.0. The summed E-state index contributed by atoms with van der Waals surface area (Å²) in [4.78, 5) is 17.4. The standard InChI is InChI=1S/C7H4ClNO.C7H5NO2.Cl3OP/c8-7-5-2-4-10-6(5)1-3-9-7;9-7-5-2-4-10-6(5)1-3-8-7;1-5(2,3)4/h1-4H;1-4H,(H,8,9);. The number of halogens is 4. The number of hydrogen-bond donors (Lipinski definition) is 1. The lowest BCUT2D eigenvalue weighted by molar-refractivity contribution is 0.600. The Hall–Kier alpha value is -1.43. The number of aromatic nitrogens is 2. The first-order valence-electron chi connectivity index (χ1n) is 6.47. The van der Waals surface area contributed by atoms with Gasteiger partial charge < -0.3 is 13.8 Å². The van der Waals surface area contributed by atoms with Crippen molar-refractivity contribution in [3.05, 3.63) is 64.7 Å². The van der Waals surface area contributed by atoms with Crippen molar-refractivity contribution in [1.82, 2.24) is 9.97 Å². The molecule has 0 saturated carbocycles. The maximum Gasteiger partial charge on any atom is 0.339 e. The lowest BCUT2D eigenvalue weighted by Gasteiger charge is -1.87. The van der Waals surface area contributed by atoms with E-state index >= 15 is 0 Å². The van der Waals surface area contributed by atoms with Crippen molar-refractivity contribution in [2.24, 2.45) is 0 Å². The summed E-state index contributed by atoms with van der Waals surface area (Å²) in [5.41, 5.74) is 1.30. The molecule has 0 fully saturated rings. The minimum Gasteiger partial charge on any atom is -0.464 e. The molecule has 0 aliphatic carbocycles. The summed E-state index contributed by atoms with van der Waals surface area (Å²) in [6.45, 7) is 0. The molecule has 0 spiro atoms. The fourth-order valence-corrected chi connectivity index (χ4v) is 1.98. The zero-order valence-electron chi connectivity index (χ0n) is 12.2. The molecule has 6 nitrogen and oxygen atoms in total. The average Bonchev–Trinajstić information content (AvgIpc) is 3.16. The lowest BCUT2D eigenvalue weighted by Crippen LogP contribution is -2.01. The molecule has 4 aromatic heterocycles. The van der Waals surface area contributed by atoms with Crippen LogP contribution in [0.25, 0.3) is 21.9 Å². The maximum absolute atomic E-state index is 10.9. The van der Waals surface area contributed by atoms with Crippen LogP contribution in [0.4, 0.5) is 0 Å². The van der Waals surface area contributed by atoms with Gasteiger partial charge in [-0.25, -0.2) is 4.98 Å². The Kier molecular flexibility index (Phi) is 6.99. The Labute approximate surface area is 160 Å². The predicted molar refractivity (Wildman–Crippen MR) is 101 cm³/mol. The van der Waals surface area contributed by atoms with Gasteiger partial charge in [0, 0.05) is 12.4 Å². The van der Waals surface area contributed by atoms with Crippen molar-refractivity contribution in [2.45, 2.75) is 0 Å². The molecule has 0 aliphatic rings. The molecular weight excluding hydrogens is 433 g/mol. The molecule has 1 N–H and O–H groups in total. The van der Waals surface area contributed by atoms with Crippen molar-refractivity contribution < 1.29 is 13.4 Å². The van der Waals surface area contributed by atoms with Crippen molar-refractivity contribution in [3.8, 4) is 0 Å². The SMILES string of the molecule is Clc1nccc2occc12.O=P(Cl)(Cl)Cl.O=c1[nH]ccc2occc12. The van der Waals surface area contributed by atoms with Crippen LogP contribution in [0.2, 0.25) is 5.15 Å². The van der Waals surface area contributed by atoms with Gasteiger partial charge in [0.25, 0.3) is 5.56 Å². The van der Waals surface area contributed by atoms with Gasteiger partial charge in [-0.3, -0.25) is 9.36 Å². The van der Waals surface area contributed by atoms with Gasteiger partial charge >= 0.3 is 5.20 Å². The monoisotopic (exact) mass is 440 g/mol. The van der Waals surface area contributed by atoms with Crippen LogP contribution in [-0.4, -0.2) is 9.97 Å². The smallest absolute Gasteiger partial charge is 0.339 e. The van der Waals surface area contributed by atoms with Crippen molar-refractivity contribution >= 4 is 72.5 Å². The number of fused-ring (bicyclic) bond motifs is 2. The summed E-state index contributed by atoms with van der Waals surface area (Å²) in [5, 5.41) is -1.27. The highest BCUT2D eigenvalue weighted by Gasteiger charge is 2.03. The Balaban J connectivity index is 0.000000144. The first kappa shape index (κ1) is 19.9. The van der Waals surface area contributed by atoms with Gasteiger partial charge in [0.15, 0.2) is 0 Å². The maximum atomic E-state index is 10.9. The molecular formula is C14H9Cl4N2O4P. The van der Waals surface area contributed by atoms with Crippen LogP contribution in [0.1, 0.15) is 0 Å². The minimum atomic E-state index is -3.22. The second-order valence-corrected chi connectivity index (χ2v) is 11.3. The van der Waals surface area contributed by atoms with Gasteiger partial charge in [0.1, 0.15) is 16.3 Å². The molecule has 132 valence electrons. The van der Waals surface area contributed by atoms with E-state index in [4.69, 9.17) is 20.4 Å². The Morgan fingerprint density at radius 2 is 1.52 bits per heavy atom. The number of H-pyrrole nitrogens is 1. The van der Waals surface area contributed by atoms with Crippen molar-refractivity contribution in [2.75, 3.05) is 0 Å². The quantitative estimate of drug-likeness (QED) is 0.251. The van der Waals surface area contributed by atoms with E-state index < -0.39 is 5.20 Å². The van der Waals surface area contributed by atoms with Crippen LogP contribution in [0.15, 0.2) is 62.8 Å². The number of rotatable bonds is 0. The molecule has 0 bridgehead atoms. The number of hydrogen-bond acceptors (Lipinski definition) is 5. The van der Waals surface area contributed by atoms with E-state index in [0.29, 0.717) is 16.1 Å². The molecule has 0 aliphatic heterocycles. The van der Waals surface area contributed by atoms with Gasteiger partial charge in [-0.15, -0.1) is 0 Å². The van der Waals surface area contributed by atoms with Gasteiger partial charge in [-0.2, -0.15) is 0 Å². The fraction of sp³-hybridized carbons (Fsp3) is 0. The molecule has 4 rings (SSSR count). The highest BCUT2D eigenvalue weighted by Crippen LogP contribution is 2.61.